The van der Waals surface area contributed by atoms with Gasteiger partial charge in [0, 0.05) is 17.1 Å². The average molecular weight is 256 g/mol. The number of rotatable bonds is 4. The van der Waals surface area contributed by atoms with Gasteiger partial charge in [-0.1, -0.05) is 6.92 Å². The Bertz CT molecular complexity index is 494. The van der Waals surface area contributed by atoms with Gasteiger partial charge < -0.3 is 11.1 Å². The lowest BCUT2D eigenvalue weighted by Crippen LogP contribution is -2.33. The molecule has 6 heteroatoms. The summed E-state index contributed by atoms with van der Waals surface area (Å²) in [4.78, 5) is 11.7. The topological polar surface area (TPSA) is 89.3 Å². The maximum Gasteiger partial charge on any atom is 0.242 e. The van der Waals surface area contributed by atoms with E-state index in [1.54, 1.807) is 24.3 Å². The minimum atomic E-state index is -3.36. The molecule has 94 valence electrons. The van der Waals surface area contributed by atoms with E-state index in [2.05, 4.69) is 5.32 Å². The molecule has 0 aliphatic carbocycles. The summed E-state index contributed by atoms with van der Waals surface area (Å²) in [6.07, 6.45) is 0. The number of benzene rings is 1. The Kier molecular flexibility index (Phi) is 4.11. The van der Waals surface area contributed by atoms with Gasteiger partial charge in [0.25, 0.3) is 0 Å². The molecule has 0 radical (unpaired) electrons. The van der Waals surface area contributed by atoms with Crippen LogP contribution in [-0.2, 0) is 14.6 Å². The van der Waals surface area contributed by atoms with Crippen LogP contribution in [0.2, 0.25) is 0 Å². The van der Waals surface area contributed by atoms with Crippen molar-refractivity contribution in [1.29, 1.82) is 0 Å². The van der Waals surface area contributed by atoms with Crippen LogP contribution < -0.4 is 11.1 Å². The van der Waals surface area contributed by atoms with Crippen LogP contribution in [-0.4, -0.2) is 25.3 Å². The molecule has 0 saturated heterocycles. The van der Waals surface area contributed by atoms with Gasteiger partial charge in [0.15, 0.2) is 9.84 Å². The highest BCUT2D eigenvalue weighted by Crippen LogP contribution is 2.12. The maximum atomic E-state index is 11.7. The van der Waals surface area contributed by atoms with Gasteiger partial charge in [0.05, 0.1) is 0 Å². The van der Waals surface area contributed by atoms with Crippen molar-refractivity contribution in [2.75, 3.05) is 16.8 Å². The number of nitrogens with one attached hydrogen (secondary N) is 1. The number of nitrogen functional groups attached to an aromatic ring is 1. The van der Waals surface area contributed by atoms with E-state index in [1.807, 2.05) is 0 Å². The highest BCUT2D eigenvalue weighted by Gasteiger charge is 2.26. The standard InChI is InChI=1S/C11H16N2O3S/c1-3-17(15,16)8(2)11(14)13-10-6-4-9(12)5-7-10/h4-8H,3,12H2,1-2H3,(H,13,14). The van der Waals surface area contributed by atoms with Gasteiger partial charge in [-0.15, -0.1) is 0 Å². The zero-order valence-electron chi connectivity index (χ0n) is 9.80. The quantitative estimate of drug-likeness (QED) is 0.787. The second-order valence-electron chi connectivity index (χ2n) is 3.71. The Labute approximate surface area is 101 Å². The molecule has 0 aliphatic rings. The van der Waals surface area contributed by atoms with Gasteiger partial charge in [-0.3, -0.25) is 4.79 Å². The molecule has 0 spiro atoms. The van der Waals surface area contributed by atoms with Crippen molar-refractivity contribution in [1.82, 2.24) is 0 Å². The largest absolute Gasteiger partial charge is 0.399 e. The maximum absolute atomic E-state index is 11.7. The summed E-state index contributed by atoms with van der Waals surface area (Å²) in [6.45, 7) is 2.90. The number of carbonyl (C=O) groups is 1. The normalized spacial score (nSPS) is 13.1. The van der Waals surface area contributed by atoms with Gasteiger partial charge in [-0.25, -0.2) is 8.42 Å². The summed E-state index contributed by atoms with van der Waals surface area (Å²) in [5, 5.41) is 1.48. The molecular formula is C11H16N2O3S. The number of nitrogens with two attached hydrogens (primary N) is 1. The minimum absolute atomic E-state index is 0.0523. The summed E-state index contributed by atoms with van der Waals surface area (Å²) in [6, 6.07) is 6.51. The molecule has 1 atom stereocenters. The van der Waals surface area contributed by atoms with Crippen LogP contribution in [0.25, 0.3) is 0 Å². The predicted octanol–water partition coefficient (Wildman–Crippen LogP) is 1.03. The highest BCUT2D eigenvalue weighted by atomic mass is 32.2. The first kappa shape index (κ1) is 13.5. The summed E-state index contributed by atoms with van der Waals surface area (Å²) < 4.78 is 23.0. The molecule has 0 fully saturated rings. The smallest absolute Gasteiger partial charge is 0.242 e. The first-order valence-corrected chi connectivity index (χ1v) is 6.96. The molecule has 0 saturated carbocycles. The molecule has 1 aromatic rings. The molecule has 3 N–H and O–H groups in total. The molecule has 1 unspecified atom stereocenters. The molecule has 0 aliphatic heterocycles. The Morgan fingerprint density at radius 3 is 2.35 bits per heavy atom. The number of hydrogen-bond donors (Lipinski definition) is 2. The Morgan fingerprint density at radius 1 is 1.35 bits per heavy atom. The lowest BCUT2D eigenvalue weighted by molar-refractivity contribution is -0.115. The summed E-state index contributed by atoms with van der Waals surface area (Å²) in [5.41, 5.74) is 6.61. The van der Waals surface area contributed by atoms with E-state index in [1.165, 1.54) is 13.8 Å². The molecule has 0 bridgehead atoms. The fourth-order valence-corrected chi connectivity index (χ4v) is 2.11. The average Bonchev–Trinajstić information content (AvgIpc) is 2.31. The monoisotopic (exact) mass is 256 g/mol. The van der Waals surface area contributed by atoms with Crippen LogP contribution in [0.5, 0.6) is 0 Å². The van der Waals surface area contributed by atoms with E-state index < -0.39 is 21.0 Å². The van der Waals surface area contributed by atoms with E-state index in [4.69, 9.17) is 5.73 Å². The molecule has 0 heterocycles. The Morgan fingerprint density at radius 2 is 1.88 bits per heavy atom. The number of amides is 1. The van der Waals surface area contributed by atoms with Crippen LogP contribution in [0.1, 0.15) is 13.8 Å². The first-order chi connectivity index (χ1) is 7.86. The fourth-order valence-electron chi connectivity index (χ4n) is 1.22. The number of sulfone groups is 1. The summed E-state index contributed by atoms with van der Waals surface area (Å²) >= 11 is 0. The third-order valence-corrected chi connectivity index (χ3v) is 4.58. The molecule has 17 heavy (non-hydrogen) atoms. The third kappa shape index (κ3) is 3.45. The zero-order valence-corrected chi connectivity index (χ0v) is 10.6. The van der Waals surface area contributed by atoms with Crippen molar-refractivity contribution >= 4 is 27.1 Å². The lowest BCUT2D eigenvalue weighted by atomic mass is 10.3. The van der Waals surface area contributed by atoms with Gasteiger partial charge in [0.2, 0.25) is 5.91 Å². The van der Waals surface area contributed by atoms with Crippen LogP contribution in [0, 0.1) is 0 Å². The van der Waals surface area contributed by atoms with E-state index >= 15 is 0 Å². The zero-order chi connectivity index (χ0) is 13.1. The van der Waals surface area contributed by atoms with Crippen molar-refractivity contribution < 1.29 is 13.2 Å². The van der Waals surface area contributed by atoms with Gasteiger partial charge in [-0.2, -0.15) is 0 Å². The van der Waals surface area contributed by atoms with Crippen LogP contribution in [0.3, 0.4) is 0 Å². The molecule has 0 aromatic heterocycles. The highest BCUT2D eigenvalue weighted by molar-refractivity contribution is 7.92. The Hall–Kier alpha value is -1.56. The van der Waals surface area contributed by atoms with Crippen LogP contribution in [0.4, 0.5) is 11.4 Å². The van der Waals surface area contributed by atoms with Gasteiger partial charge >= 0.3 is 0 Å². The SMILES string of the molecule is CCS(=O)(=O)C(C)C(=O)Nc1ccc(N)cc1. The van der Waals surface area contributed by atoms with E-state index in [0.29, 0.717) is 11.4 Å². The van der Waals surface area contributed by atoms with Crippen molar-refractivity contribution in [3.05, 3.63) is 24.3 Å². The van der Waals surface area contributed by atoms with E-state index in [-0.39, 0.29) is 5.75 Å². The first-order valence-electron chi connectivity index (χ1n) is 5.25. The molecule has 5 nitrogen and oxygen atoms in total. The van der Waals surface area contributed by atoms with Crippen LogP contribution in [0.15, 0.2) is 24.3 Å². The fraction of sp³-hybridized carbons (Fsp3) is 0.364. The van der Waals surface area contributed by atoms with Crippen LogP contribution >= 0.6 is 0 Å². The summed E-state index contributed by atoms with van der Waals surface area (Å²) in [5.74, 6) is -0.583. The van der Waals surface area contributed by atoms with Gasteiger partial charge in [0.1, 0.15) is 5.25 Å². The second-order valence-corrected chi connectivity index (χ2v) is 6.32. The number of anilines is 2. The summed E-state index contributed by atoms with van der Waals surface area (Å²) in [7, 11) is -3.36. The van der Waals surface area contributed by atoms with Crippen molar-refractivity contribution in [2.24, 2.45) is 0 Å². The predicted molar refractivity (Wildman–Crippen MR) is 68.4 cm³/mol. The van der Waals surface area contributed by atoms with E-state index in [9.17, 15) is 13.2 Å². The Balaban J connectivity index is 2.76. The number of carbonyl (C=O) groups excluding carboxylic acids is 1. The van der Waals surface area contributed by atoms with Crippen molar-refractivity contribution in [3.8, 4) is 0 Å². The molecular weight excluding hydrogens is 240 g/mol. The van der Waals surface area contributed by atoms with Crippen molar-refractivity contribution in [2.45, 2.75) is 19.1 Å². The third-order valence-electron chi connectivity index (χ3n) is 2.49. The second kappa shape index (κ2) is 5.18. The lowest BCUT2D eigenvalue weighted by Gasteiger charge is -2.12. The molecule has 1 aromatic carbocycles. The van der Waals surface area contributed by atoms with Crippen molar-refractivity contribution in [3.63, 3.8) is 0 Å². The molecule has 1 amide bonds. The minimum Gasteiger partial charge on any atom is -0.399 e. The van der Waals surface area contributed by atoms with Gasteiger partial charge in [-0.05, 0) is 31.2 Å². The molecule has 1 rings (SSSR count). The number of hydrogen-bond acceptors (Lipinski definition) is 4. The van der Waals surface area contributed by atoms with E-state index in [0.717, 1.165) is 0 Å².